The van der Waals surface area contributed by atoms with Crippen LogP contribution in [0.3, 0.4) is 0 Å². The molecule has 2 aromatic rings. The predicted octanol–water partition coefficient (Wildman–Crippen LogP) is 1.85. The number of halogens is 1. The van der Waals surface area contributed by atoms with Crippen molar-refractivity contribution in [3.8, 4) is 5.75 Å². The van der Waals surface area contributed by atoms with Crippen LogP contribution in [0.15, 0.2) is 29.0 Å². The lowest BCUT2D eigenvalue weighted by Crippen LogP contribution is -2.07. The number of hydrogen-bond acceptors (Lipinski definition) is 4. The molecule has 0 aliphatic heterocycles. The molecule has 2 rings (SSSR count). The number of nitrogens with zero attached hydrogens (tertiary/aromatic N) is 3. The zero-order chi connectivity index (χ0) is 13.1. The van der Waals surface area contributed by atoms with Gasteiger partial charge >= 0.3 is 5.97 Å². The van der Waals surface area contributed by atoms with E-state index >= 15 is 0 Å². The van der Waals surface area contributed by atoms with Crippen molar-refractivity contribution in [3.63, 3.8) is 0 Å². The van der Waals surface area contributed by atoms with Crippen molar-refractivity contribution in [1.29, 1.82) is 0 Å². The van der Waals surface area contributed by atoms with E-state index in [1.807, 2.05) is 0 Å². The Morgan fingerprint density at radius 1 is 1.56 bits per heavy atom. The molecule has 0 saturated heterocycles. The van der Waals surface area contributed by atoms with Crippen LogP contribution in [-0.4, -0.2) is 25.8 Å². The molecule has 0 amide bonds. The molecule has 0 spiro atoms. The van der Waals surface area contributed by atoms with Crippen molar-refractivity contribution in [3.05, 3.63) is 40.4 Å². The summed E-state index contributed by atoms with van der Waals surface area (Å²) in [7, 11) is 1.74. The second kappa shape index (κ2) is 5.18. The molecule has 0 radical (unpaired) electrons. The van der Waals surface area contributed by atoms with Crippen LogP contribution in [0.25, 0.3) is 0 Å². The summed E-state index contributed by atoms with van der Waals surface area (Å²) in [6.07, 6.45) is 1.41. The second-order valence-corrected chi connectivity index (χ2v) is 4.45. The van der Waals surface area contributed by atoms with Crippen LogP contribution in [0.2, 0.25) is 0 Å². The summed E-state index contributed by atoms with van der Waals surface area (Å²) < 4.78 is 7.79. The summed E-state index contributed by atoms with van der Waals surface area (Å²) >= 11 is 3.27. The molecule has 6 nitrogen and oxygen atoms in total. The van der Waals surface area contributed by atoms with Crippen LogP contribution in [0.5, 0.6) is 5.75 Å². The Balaban J connectivity index is 2.20. The molecule has 1 heterocycles. The number of rotatable bonds is 4. The van der Waals surface area contributed by atoms with E-state index < -0.39 is 5.97 Å². The predicted molar refractivity (Wildman–Crippen MR) is 66.4 cm³/mol. The highest BCUT2D eigenvalue weighted by molar-refractivity contribution is 9.10. The van der Waals surface area contributed by atoms with E-state index in [2.05, 4.69) is 26.0 Å². The molecule has 1 N–H and O–H groups in total. The number of carboxylic acids is 1. The first-order valence-electron chi connectivity index (χ1n) is 5.06. The van der Waals surface area contributed by atoms with E-state index in [-0.39, 0.29) is 12.2 Å². The van der Waals surface area contributed by atoms with E-state index in [1.165, 1.54) is 12.4 Å². The first-order valence-corrected chi connectivity index (χ1v) is 5.85. The molecule has 0 aliphatic rings. The SMILES string of the molecule is Cn1ncnc1COc1cc(Br)ccc1C(=O)O. The van der Waals surface area contributed by atoms with Crippen molar-refractivity contribution in [2.45, 2.75) is 6.61 Å². The molecule has 18 heavy (non-hydrogen) atoms. The molecule has 94 valence electrons. The van der Waals surface area contributed by atoms with E-state index in [4.69, 9.17) is 9.84 Å². The minimum absolute atomic E-state index is 0.111. The van der Waals surface area contributed by atoms with Gasteiger partial charge in [0.25, 0.3) is 0 Å². The fraction of sp³-hybridized carbons (Fsp3) is 0.182. The number of aromatic carboxylic acids is 1. The Bertz CT molecular complexity index is 583. The Kier molecular flexibility index (Phi) is 3.61. The molecular weight excluding hydrogens is 302 g/mol. The lowest BCUT2D eigenvalue weighted by molar-refractivity contribution is 0.0691. The first-order chi connectivity index (χ1) is 8.58. The van der Waals surface area contributed by atoms with Crippen LogP contribution in [-0.2, 0) is 13.7 Å². The van der Waals surface area contributed by atoms with Gasteiger partial charge in [-0.2, -0.15) is 5.10 Å². The largest absolute Gasteiger partial charge is 0.485 e. The van der Waals surface area contributed by atoms with Gasteiger partial charge in [0, 0.05) is 11.5 Å². The van der Waals surface area contributed by atoms with E-state index in [1.54, 1.807) is 23.9 Å². The fourth-order valence-electron chi connectivity index (χ4n) is 1.39. The first kappa shape index (κ1) is 12.6. The van der Waals surface area contributed by atoms with Gasteiger partial charge in [0.15, 0.2) is 5.82 Å². The third-order valence-electron chi connectivity index (χ3n) is 2.34. The summed E-state index contributed by atoms with van der Waals surface area (Å²) in [6, 6.07) is 4.75. The summed E-state index contributed by atoms with van der Waals surface area (Å²) in [5.41, 5.74) is 0.111. The van der Waals surface area contributed by atoms with Crippen LogP contribution < -0.4 is 4.74 Å². The number of aryl methyl sites for hydroxylation is 1. The maximum absolute atomic E-state index is 11.0. The summed E-state index contributed by atoms with van der Waals surface area (Å²) in [4.78, 5) is 15.0. The smallest absolute Gasteiger partial charge is 0.339 e. The third-order valence-corrected chi connectivity index (χ3v) is 2.83. The van der Waals surface area contributed by atoms with Gasteiger partial charge in [0.05, 0.1) is 0 Å². The number of aromatic nitrogens is 3. The summed E-state index contributed by atoms with van der Waals surface area (Å²) in [5.74, 6) is -0.123. The highest BCUT2D eigenvalue weighted by Crippen LogP contribution is 2.24. The van der Waals surface area contributed by atoms with Crippen molar-refractivity contribution in [2.75, 3.05) is 0 Å². The molecule has 0 aliphatic carbocycles. The molecule has 1 aromatic heterocycles. The minimum Gasteiger partial charge on any atom is -0.485 e. The number of carbonyl (C=O) groups is 1. The summed E-state index contributed by atoms with van der Waals surface area (Å²) in [6.45, 7) is 0.160. The Morgan fingerprint density at radius 2 is 2.33 bits per heavy atom. The molecule has 0 bridgehead atoms. The number of benzene rings is 1. The van der Waals surface area contributed by atoms with Crippen LogP contribution in [0.1, 0.15) is 16.2 Å². The van der Waals surface area contributed by atoms with Crippen LogP contribution in [0.4, 0.5) is 0 Å². The molecule has 0 atom stereocenters. The Labute approximate surface area is 111 Å². The third kappa shape index (κ3) is 2.67. The average Bonchev–Trinajstić information content (AvgIpc) is 2.72. The Hall–Kier alpha value is -1.89. The van der Waals surface area contributed by atoms with Gasteiger partial charge < -0.3 is 9.84 Å². The monoisotopic (exact) mass is 311 g/mol. The highest BCUT2D eigenvalue weighted by Gasteiger charge is 2.12. The molecule has 1 aromatic carbocycles. The van der Waals surface area contributed by atoms with E-state index in [0.29, 0.717) is 11.6 Å². The van der Waals surface area contributed by atoms with Crippen molar-refractivity contribution in [2.24, 2.45) is 7.05 Å². The normalized spacial score (nSPS) is 10.3. The van der Waals surface area contributed by atoms with Gasteiger partial charge in [-0.1, -0.05) is 15.9 Å². The molecular formula is C11H10BrN3O3. The number of hydrogen-bond donors (Lipinski definition) is 1. The van der Waals surface area contributed by atoms with Crippen molar-refractivity contribution < 1.29 is 14.6 Å². The van der Waals surface area contributed by atoms with Gasteiger partial charge in [0.2, 0.25) is 0 Å². The topological polar surface area (TPSA) is 77.2 Å². The van der Waals surface area contributed by atoms with Gasteiger partial charge in [-0.25, -0.2) is 9.78 Å². The lowest BCUT2D eigenvalue weighted by Gasteiger charge is -2.09. The standard InChI is InChI=1S/C11H10BrN3O3/c1-15-10(13-6-14-15)5-18-9-4-7(12)2-3-8(9)11(16)17/h2-4,6H,5H2,1H3,(H,16,17). The quantitative estimate of drug-likeness (QED) is 0.932. The molecule has 0 saturated carbocycles. The zero-order valence-corrected chi connectivity index (χ0v) is 11.1. The van der Waals surface area contributed by atoms with E-state index in [9.17, 15) is 4.79 Å². The number of ether oxygens (including phenoxy) is 1. The number of carboxylic acid groups (broad SMARTS) is 1. The molecule has 0 unspecified atom stereocenters. The van der Waals surface area contributed by atoms with Crippen LogP contribution in [0, 0.1) is 0 Å². The van der Waals surface area contributed by atoms with Gasteiger partial charge in [0.1, 0.15) is 24.2 Å². The maximum atomic E-state index is 11.0. The fourth-order valence-corrected chi connectivity index (χ4v) is 1.73. The van der Waals surface area contributed by atoms with Crippen LogP contribution >= 0.6 is 15.9 Å². The van der Waals surface area contributed by atoms with Crippen molar-refractivity contribution >= 4 is 21.9 Å². The maximum Gasteiger partial charge on any atom is 0.339 e. The highest BCUT2D eigenvalue weighted by atomic mass is 79.9. The average molecular weight is 312 g/mol. The van der Waals surface area contributed by atoms with Crippen molar-refractivity contribution in [1.82, 2.24) is 14.8 Å². The van der Waals surface area contributed by atoms with E-state index in [0.717, 1.165) is 4.47 Å². The van der Waals surface area contributed by atoms with Gasteiger partial charge in [-0.15, -0.1) is 0 Å². The lowest BCUT2D eigenvalue weighted by atomic mass is 10.2. The summed E-state index contributed by atoms with van der Waals surface area (Å²) in [5, 5.41) is 12.9. The van der Waals surface area contributed by atoms with Gasteiger partial charge in [-0.05, 0) is 18.2 Å². The minimum atomic E-state index is -1.03. The van der Waals surface area contributed by atoms with Gasteiger partial charge in [-0.3, -0.25) is 4.68 Å². The molecule has 7 heteroatoms. The molecule has 0 fully saturated rings. The second-order valence-electron chi connectivity index (χ2n) is 3.53. The zero-order valence-electron chi connectivity index (χ0n) is 9.50. The Morgan fingerprint density at radius 3 is 2.94 bits per heavy atom.